The Morgan fingerprint density at radius 3 is 2.81 bits per heavy atom. The van der Waals surface area contributed by atoms with Crippen molar-refractivity contribution in [2.75, 3.05) is 26.1 Å². The molecule has 90 valence electrons. The van der Waals surface area contributed by atoms with E-state index in [1.54, 1.807) is 6.07 Å². The molecule has 6 heteroatoms. The van der Waals surface area contributed by atoms with Crippen LogP contribution in [0.5, 0.6) is 5.88 Å². The average molecular weight is 263 g/mol. The molecule has 0 amide bonds. The van der Waals surface area contributed by atoms with E-state index < -0.39 is 0 Å². The maximum Gasteiger partial charge on any atom is 0.218 e. The monoisotopic (exact) mass is 262 g/mol. The van der Waals surface area contributed by atoms with E-state index in [9.17, 15) is 0 Å². The van der Waals surface area contributed by atoms with Crippen LogP contribution in [0.4, 0.5) is 0 Å². The third-order valence-electron chi connectivity index (χ3n) is 1.66. The van der Waals surface area contributed by atoms with E-state index in [4.69, 9.17) is 21.1 Å². The fourth-order valence-electron chi connectivity index (χ4n) is 0.994. The second kappa shape index (κ2) is 7.70. The predicted octanol–water partition coefficient (Wildman–Crippen LogP) is 2.66. The molecule has 0 aliphatic carbocycles. The summed E-state index contributed by atoms with van der Waals surface area (Å²) in [5.41, 5.74) is 0. The Morgan fingerprint density at radius 2 is 2.12 bits per heavy atom. The Kier molecular flexibility index (Phi) is 6.52. The SMILES string of the molecule is CCCOCCOc1cc(Cl)nc(SC)n1. The van der Waals surface area contributed by atoms with Gasteiger partial charge in [0.05, 0.1) is 6.61 Å². The van der Waals surface area contributed by atoms with Crippen LogP contribution in [0, 0.1) is 0 Å². The van der Waals surface area contributed by atoms with E-state index in [-0.39, 0.29) is 0 Å². The molecular weight excluding hydrogens is 248 g/mol. The second-order valence-corrected chi connectivity index (χ2v) is 4.14. The van der Waals surface area contributed by atoms with Gasteiger partial charge in [-0.25, -0.2) is 4.98 Å². The molecule has 0 aliphatic heterocycles. The molecule has 0 aromatic carbocycles. The van der Waals surface area contributed by atoms with E-state index in [2.05, 4.69) is 16.9 Å². The van der Waals surface area contributed by atoms with Gasteiger partial charge in [-0.1, -0.05) is 30.3 Å². The van der Waals surface area contributed by atoms with E-state index in [1.165, 1.54) is 11.8 Å². The highest BCUT2D eigenvalue weighted by Gasteiger charge is 2.03. The molecule has 0 N–H and O–H groups in total. The van der Waals surface area contributed by atoms with E-state index in [0.717, 1.165) is 13.0 Å². The number of nitrogens with zero attached hydrogens (tertiary/aromatic N) is 2. The van der Waals surface area contributed by atoms with Crippen LogP contribution in [0.25, 0.3) is 0 Å². The number of aromatic nitrogens is 2. The quantitative estimate of drug-likeness (QED) is 0.327. The Morgan fingerprint density at radius 1 is 1.31 bits per heavy atom. The predicted molar refractivity (Wildman–Crippen MR) is 65.4 cm³/mol. The van der Waals surface area contributed by atoms with Crippen molar-refractivity contribution in [2.24, 2.45) is 0 Å². The summed E-state index contributed by atoms with van der Waals surface area (Å²) in [5.74, 6) is 0.490. The Balaban J connectivity index is 2.38. The van der Waals surface area contributed by atoms with Gasteiger partial charge in [0.25, 0.3) is 0 Å². The molecule has 0 bridgehead atoms. The van der Waals surface area contributed by atoms with Crippen molar-refractivity contribution in [3.63, 3.8) is 0 Å². The largest absolute Gasteiger partial charge is 0.475 e. The molecule has 16 heavy (non-hydrogen) atoms. The van der Waals surface area contributed by atoms with Crippen LogP contribution in [0.15, 0.2) is 11.2 Å². The summed E-state index contributed by atoms with van der Waals surface area (Å²) in [4.78, 5) is 8.18. The minimum Gasteiger partial charge on any atom is -0.475 e. The molecule has 1 rings (SSSR count). The summed E-state index contributed by atoms with van der Waals surface area (Å²) in [6.45, 7) is 3.85. The summed E-state index contributed by atoms with van der Waals surface area (Å²) >= 11 is 7.24. The van der Waals surface area contributed by atoms with Gasteiger partial charge in [0.15, 0.2) is 5.16 Å². The third kappa shape index (κ3) is 5.01. The van der Waals surface area contributed by atoms with Crippen LogP contribution < -0.4 is 4.74 Å². The Labute approximate surface area is 105 Å². The van der Waals surface area contributed by atoms with Crippen molar-refractivity contribution in [2.45, 2.75) is 18.5 Å². The van der Waals surface area contributed by atoms with Crippen molar-refractivity contribution in [1.29, 1.82) is 0 Å². The van der Waals surface area contributed by atoms with Gasteiger partial charge >= 0.3 is 0 Å². The fourth-order valence-corrected chi connectivity index (χ4v) is 1.59. The molecule has 0 radical (unpaired) electrons. The third-order valence-corrected chi connectivity index (χ3v) is 2.40. The van der Waals surface area contributed by atoms with Crippen molar-refractivity contribution < 1.29 is 9.47 Å². The first kappa shape index (κ1) is 13.5. The first-order valence-corrected chi connectivity index (χ1v) is 6.65. The highest BCUT2D eigenvalue weighted by atomic mass is 35.5. The smallest absolute Gasteiger partial charge is 0.218 e. The molecular formula is C10H15ClN2O2S. The van der Waals surface area contributed by atoms with Gasteiger partial charge in [0, 0.05) is 12.7 Å². The number of thioether (sulfide) groups is 1. The maximum absolute atomic E-state index is 5.82. The zero-order valence-electron chi connectivity index (χ0n) is 9.40. The lowest BCUT2D eigenvalue weighted by atomic mass is 10.5. The van der Waals surface area contributed by atoms with Crippen LogP contribution in [-0.4, -0.2) is 36.0 Å². The van der Waals surface area contributed by atoms with Crippen molar-refractivity contribution in [1.82, 2.24) is 9.97 Å². The van der Waals surface area contributed by atoms with Crippen molar-refractivity contribution in [3.8, 4) is 5.88 Å². The maximum atomic E-state index is 5.82. The molecule has 1 aromatic heterocycles. The first-order valence-electron chi connectivity index (χ1n) is 5.05. The van der Waals surface area contributed by atoms with Crippen LogP contribution in [0.3, 0.4) is 0 Å². The van der Waals surface area contributed by atoms with Gasteiger partial charge in [-0.3, -0.25) is 0 Å². The average Bonchev–Trinajstić information content (AvgIpc) is 2.28. The lowest BCUT2D eigenvalue weighted by Crippen LogP contribution is -2.08. The molecule has 0 aliphatic rings. The van der Waals surface area contributed by atoms with Crippen LogP contribution in [-0.2, 0) is 4.74 Å². The molecule has 1 aromatic rings. The lowest BCUT2D eigenvalue weighted by Gasteiger charge is -2.06. The summed E-state index contributed by atoms with van der Waals surface area (Å²) < 4.78 is 10.7. The fraction of sp³-hybridized carbons (Fsp3) is 0.600. The zero-order chi connectivity index (χ0) is 11.8. The van der Waals surface area contributed by atoms with Gasteiger partial charge < -0.3 is 9.47 Å². The van der Waals surface area contributed by atoms with Crippen LogP contribution in [0.1, 0.15) is 13.3 Å². The van der Waals surface area contributed by atoms with Gasteiger partial charge in [0.1, 0.15) is 11.8 Å². The van der Waals surface area contributed by atoms with Crippen LogP contribution >= 0.6 is 23.4 Å². The van der Waals surface area contributed by atoms with E-state index in [1.807, 2.05) is 6.26 Å². The van der Waals surface area contributed by atoms with E-state index >= 15 is 0 Å². The summed E-state index contributed by atoms with van der Waals surface area (Å²) in [7, 11) is 0. The molecule has 0 spiro atoms. The highest BCUT2D eigenvalue weighted by Crippen LogP contribution is 2.18. The molecule has 1 heterocycles. The molecule has 0 unspecified atom stereocenters. The first-order chi connectivity index (χ1) is 7.76. The highest BCUT2D eigenvalue weighted by molar-refractivity contribution is 7.98. The molecule has 0 saturated heterocycles. The summed E-state index contributed by atoms with van der Waals surface area (Å²) in [6.07, 6.45) is 2.90. The van der Waals surface area contributed by atoms with Gasteiger partial charge in [-0.05, 0) is 12.7 Å². The number of rotatable bonds is 7. The number of halogens is 1. The molecule has 0 atom stereocenters. The second-order valence-electron chi connectivity index (χ2n) is 2.98. The zero-order valence-corrected chi connectivity index (χ0v) is 11.0. The number of hydrogen-bond acceptors (Lipinski definition) is 5. The standard InChI is InChI=1S/C10H15ClN2O2S/c1-3-4-14-5-6-15-9-7-8(11)12-10(13-9)16-2/h7H,3-6H2,1-2H3. The minimum absolute atomic E-state index is 0.392. The van der Waals surface area contributed by atoms with Gasteiger partial charge in [-0.15, -0.1) is 0 Å². The van der Waals surface area contributed by atoms with Crippen molar-refractivity contribution in [3.05, 3.63) is 11.2 Å². The number of hydrogen-bond donors (Lipinski definition) is 0. The van der Waals surface area contributed by atoms with Gasteiger partial charge in [-0.2, -0.15) is 4.98 Å². The van der Waals surface area contributed by atoms with Crippen LogP contribution in [0.2, 0.25) is 5.15 Å². The molecule has 4 nitrogen and oxygen atoms in total. The lowest BCUT2D eigenvalue weighted by molar-refractivity contribution is 0.0987. The Hall–Kier alpha value is -0.520. The molecule has 0 fully saturated rings. The summed E-state index contributed by atoms with van der Waals surface area (Å²) in [5, 5.41) is 1.00. The van der Waals surface area contributed by atoms with Crippen molar-refractivity contribution >= 4 is 23.4 Å². The number of ether oxygens (including phenoxy) is 2. The normalized spacial score (nSPS) is 10.4. The Bertz CT molecular complexity index is 326. The van der Waals surface area contributed by atoms with E-state index in [0.29, 0.717) is 29.4 Å². The minimum atomic E-state index is 0.392. The molecule has 0 saturated carbocycles. The summed E-state index contributed by atoms with van der Waals surface area (Å²) in [6, 6.07) is 1.60. The topological polar surface area (TPSA) is 44.2 Å². The van der Waals surface area contributed by atoms with Gasteiger partial charge in [0.2, 0.25) is 5.88 Å².